The molecule has 0 aliphatic carbocycles. The molecule has 1 fully saturated rings. The molecule has 2 heterocycles. The fraction of sp³-hybridized carbons (Fsp3) is 0.467. The van der Waals surface area contributed by atoms with E-state index in [2.05, 4.69) is 35.0 Å². The van der Waals surface area contributed by atoms with Crippen LogP contribution >= 0.6 is 11.6 Å². The van der Waals surface area contributed by atoms with Crippen molar-refractivity contribution in [3.8, 4) is 0 Å². The summed E-state index contributed by atoms with van der Waals surface area (Å²) in [5.74, 6) is 0.983. The molecule has 1 saturated heterocycles. The van der Waals surface area contributed by atoms with Gasteiger partial charge in [-0.2, -0.15) is 0 Å². The summed E-state index contributed by atoms with van der Waals surface area (Å²) in [7, 11) is 0. The van der Waals surface area contributed by atoms with E-state index in [1.165, 1.54) is 12.8 Å². The lowest BCUT2D eigenvalue weighted by molar-refractivity contribution is 0.619. The summed E-state index contributed by atoms with van der Waals surface area (Å²) in [6, 6.07) is 9.20. The fourth-order valence-corrected chi connectivity index (χ4v) is 3.30. The molecule has 0 radical (unpaired) electrons. The predicted molar refractivity (Wildman–Crippen MR) is 79.8 cm³/mol. The van der Waals surface area contributed by atoms with Crippen LogP contribution in [0.3, 0.4) is 0 Å². The fourth-order valence-electron chi connectivity index (χ4n) is 3.10. The molecule has 19 heavy (non-hydrogen) atoms. The van der Waals surface area contributed by atoms with Gasteiger partial charge in [0.05, 0.1) is 0 Å². The van der Waals surface area contributed by atoms with E-state index in [9.17, 15) is 0 Å². The highest BCUT2D eigenvalue weighted by molar-refractivity contribution is 6.34. The maximum atomic E-state index is 6.15. The van der Waals surface area contributed by atoms with Gasteiger partial charge in [0, 0.05) is 22.9 Å². The number of aromatic nitrogens is 2. The highest BCUT2D eigenvalue weighted by Crippen LogP contribution is 2.35. The normalized spacial score (nSPS) is 23.2. The Labute approximate surface area is 118 Å². The second kappa shape index (κ2) is 4.97. The summed E-state index contributed by atoms with van der Waals surface area (Å²) in [6.45, 7) is 4.50. The summed E-state index contributed by atoms with van der Waals surface area (Å²) in [5.41, 5.74) is 0. The molecule has 0 amide bonds. The van der Waals surface area contributed by atoms with E-state index in [0.717, 1.165) is 23.0 Å². The second-order valence-corrected chi connectivity index (χ2v) is 5.61. The third-order valence-corrected chi connectivity index (χ3v) is 4.40. The van der Waals surface area contributed by atoms with Crippen molar-refractivity contribution in [1.29, 1.82) is 0 Å². The molecule has 2 unspecified atom stereocenters. The zero-order valence-corrected chi connectivity index (χ0v) is 12.1. The molecule has 0 N–H and O–H groups in total. The lowest BCUT2D eigenvalue weighted by Gasteiger charge is -2.29. The molecule has 3 rings (SSSR count). The minimum Gasteiger partial charge on any atom is -0.349 e. The van der Waals surface area contributed by atoms with E-state index >= 15 is 0 Å². The van der Waals surface area contributed by atoms with E-state index in [1.807, 2.05) is 18.2 Å². The zero-order valence-electron chi connectivity index (χ0n) is 11.3. The zero-order chi connectivity index (χ0) is 13.4. The third-order valence-electron chi connectivity index (χ3n) is 4.12. The van der Waals surface area contributed by atoms with E-state index in [-0.39, 0.29) is 0 Å². The van der Waals surface area contributed by atoms with Crippen molar-refractivity contribution in [1.82, 2.24) is 10.2 Å². The van der Waals surface area contributed by atoms with Crippen LogP contribution in [0.1, 0.15) is 33.1 Å². The Balaban J connectivity index is 2.17. The lowest BCUT2D eigenvalue weighted by Crippen LogP contribution is -2.35. The first kappa shape index (κ1) is 12.7. The Kier molecular flexibility index (Phi) is 3.31. The average Bonchev–Trinajstić information content (AvgIpc) is 2.81. The van der Waals surface area contributed by atoms with Crippen molar-refractivity contribution in [3.05, 3.63) is 29.4 Å². The van der Waals surface area contributed by atoms with Gasteiger partial charge in [0.2, 0.25) is 0 Å². The molecular formula is C15H18ClN3. The largest absolute Gasteiger partial charge is 0.349 e. The summed E-state index contributed by atoms with van der Waals surface area (Å²) in [6.07, 6.45) is 3.59. The molecule has 4 heteroatoms. The van der Waals surface area contributed by atoms with Crippen LogP contribution in [0.5, 0.6) is 0 Å². The summed E-state index contributed by atoms with van der Waals surface area (Å²) in [4.78, 5) is 2.42. The monoisotopic (exact) mass is 275 g/mol. The Bertz CT molecular complexity index is 599. The highest BCUT2D eigenvalue weighted by Gasteiger charge is 2.31. The van der Waals surface area contributed by atoms with Gasteiger partial charge in [0.1, 0.15) is 0 Å². The Morgan fingerprint density at radius 3 is 2.68 bits per heavy atom. The van der Waals surface area contributed by atoms with Crippen LogP contribution in [0.15, 0.2) is 24.3 Å². The number of benzene rings is 1. The van der Waals surface area contributed by atoms with Gasteiger partial charge in [-0.25, -0.2) is 0 Å². The number of halogens is 1. The minimum atomic E-state index is 0.485. The second-order valence-electron chi connectivity index (χ2n) is 5.26. The van der Waals surface area contributed by atoms with Crippen LogP contribution in [0.4, 0.5) is 5.82 Å². The van der Waals surface area contributed by atoms with Crippen LogP contribution in [0.25, 0.3) is 10.8 Å². The number of nitrogens with zero attached hydrogens (tertiary/aromatic N) is 3. The molecule has 0 saturated carbocycles. The van der Waals surface area contributed by atoms with E-state index in [1.54, 1.807) is 0 Å². The van der Waals surface area contributed by atoms with Crippen LogP contribution < -0.4 is 4.90 Å². The highest BCUT2D eigenvalue weighted by atomic mass is 35.5. The van der Waals surface area contributed by atoms with Crippen LogP contribution in [0.2, 0.25) is 5.15 Å². The Morgan fingerprint density at radius 2 is 1.95 bits per heavy atom. The van der Waals surface area contributed by atoms with Crippen molar-refractivity contribution in [2.24, 2.45) is 0 Å². The molecule has 3 nitrogen and oxygen atoms in total. The maximum Gasteiger partial charge on any atom is 0.159 e. The van der Waals surface area contributed by atoms with Crippen LogP contribution in [-0.4, -0.2) is 22.3 Å². The number of rotatable bonds is 2. The molecule has 2 atom stereocenters. The maximum absolute atomic E-state index is 6.15. The summed E-state index contributed by atoms with van der Waals surface area (Å²) >= 11 is 6.15. The van der Waals surface area contributed by atoms with Crippen molar-refractivity contribution in [2.75, 3.05) is 4.90 Å². The molecule has 1 aromatic carbocycles. The van der Waals surface area contributed by atoms with Crippen molar-refractivity contribution in [3.63, 3.8) is 0 Å². The van der Waals surface area contributed by atoms with Crippen molar-refractivity contribution < 1.29 is 0 Å². The first-order chi connectivity index (χ1) is 9.22. The SMILES string of the molecule is CCC1CCC(C)N1c1nnc(Cl)c2ccccc12. The van der Waals surface area contributed by atoms with Gasteiger partial charge < -0.3 is 4.90 Å². The molecule has 1 aliphatic rings. The molecule has 1 aliphatic heterocycles. The number of hydrogen-bond donors (Lipinski definition) is 0. The van der Waals surface area contributed by atoms with Crippen LogP contribution in [-0.2, 0) is 0 Å². The van der Waals surface area contributed by atoms with Gasteiger partial charge in [-0.3, -0.25) is 0 Å². The Morgan fingerprint density at radius 1 is 1.21 bits per heavy atom. The summed E-state index contributed by atoms with van der Waals surface area (Å²) < 4.78 is 0. The third kappa shape index (κ3) is 2.06. The van der Waals surface area contributed by atoms with E-state index in [0.29, 0.717) is 17.2 Å². The van der Waals surface area contributed by atoms with Crippen molar-refractivity contribution in [2.45, 2.75) is 45.2 Å². The van der Waals surface area contributed by atoms with Gasteiger partial charge >= 0.3 is 0 Å². The lowest BCUT2D eigenvalue weighted by atomic mass is 10.1. The number of fused-ring (bicyclic) bond motifs is 1. The van der Waals surface area contributed by atoms with Gasteiger partial charge in [-0.1, -0.05) is 42.8 Å². The topological polar surface area (TPSA) is 29.0 Å². The smallest absolute Gasteiger partial charge is 0.159 e. The Hall–Kier alpha value is -1.35. The van der Waals surface area contributed by atoms with Gasteiger partial charge in [0.25, 0.3) is 0 Å². The predicted octanol–water partition coefficient (Wildman–Crippen LogP) is 4.05. The molecule has 100 valence electrons. The number of anilines is 1. The van der Waals surface area contributed by atoms with Crippen LogP contribution in [0, 0.1) is 0 Å². The first-order valence-electron chi connectivity index (χ1n) is 6.91. The molecule has 0 spiro atoms. The van der Waals surface area contributed by atoms with E-state index in [4.69, 9.17) is 11.6 Å². The summed E-state index contributed by atoms with van der Waals surface area (Å²) in [5, 5.41) is 11.1. The standard InChI is InChI=1S/C15H18ClN3/c1-3-11-9-8-10(2)19(11)15-13-7-5-4-6-12(13)14(16)17-18-15/h4-7,10-11H,3,8-9H2,1-2H3. The van der Waals surface area contributed by atoms with E-state index < -0.39 is 0 Å². The quantitative estimate of drug-likeness (QED) is 0.828. The molecule has 2 aromatic rings. The first-order valence-corrected chi connectivity index (χ1v) is 7.29. The van der Waals surface area contributed by atoms with Gasteiger partial charge in [0.15, 0.2) is 11.0 Å². The molecule has 1 aromatic heterocycles. The average molecular weight is 276 g/mol. The van der Waals surface area contributed by atoms with Crippen molar-refractivity contribution >= 4 is 28.2 Å². The minimum absolute atomic E-state index is 0.485. The molecular weight excluding hydrogens is 258 g/mol. The van der Waals surface area contributed by atoms with Gasteiger partial charge in [-0.05, 0) is 26.2 Å². The molecule has 0 bridgehead atoms. The number of hydrogen-bond acceptors (Lipinski definition) is 3. The van der Waals surface area contributed by atoms with Gasteiger partial charge in [-0.15, -0.1) is 10.2 Å².